The Hall–Kier alpha value is -3.73. The van der Waals surface area contributed by atoms with Gasteiger partial charge in [-0.25, -0.2) is 9.36 Å². The van der Waals surface area contributed by atoms with E-state index in [0.29, 0.717) is 16.9 Å². The minimum atomic E-state index is -0.312. The molecule has 0 unspecified atom stereocenters. The molecule has 0 bridgehead atoms. The van der Waals surface area contributed by atoms with Crippen LogP contribution in [0.2, 0.25) is 0 Å². The van der Waals surface area contributed by atoms with E-state index in [0.717, 1.165) is 0 Å². The lowest BCUT2D eigenvalue weighted by Gasteiger charge is -2.08. The van der Waals surface area contributed by atoms with Gasteiger partial charge in [-0.1, -0.05) is 6.07 Å². The van der Waals surface area contributed by atoms with E-state index in [2.05, 4.69) is 15.5 Å². The molecule has 0 fully saturated rings. The van der Waals surface area contributed by atoms with Gasteiger partial charge in [-0.15, -0.1) is 5.10 Å². The maximum atomic E-state index is 12.1. The minimum Gasteiger partial charge on any atom is -0.350 e. The van der Waals surface area contributed by atoms with Crippen molar-refractivity contribution in [1.82, 2.24) is 24.9 Å². The molecule has 0 saturated carbocycles. The molecule has 1 N–H and O–H groups in total. The molecule has 3 rings (SSSR count). The van der Waals surface area contributed by atoms with Gasteiger partial charge >= 0.3 is 0 Å². The van der Waals surface area contributed by atoms with Gasteiger partial charge in [0.2, 0.25) is 0 Å². The highest BCUT2D eigenvalue weighted by atomic mass is 16.2. The first-order chi connectivity index (χ1) is 12.2. The van der Waals surface area contributed by atoms with Gasteiger partial charge in [0.25, 0.3) is 11.5 Å². The molecule has 1 aromatic carbocycles. The number of hydrogen-bond acceptors (Lipinski definition) is 5. The number of aromatic nitrogens is 4. The van der Waals surface area contributed by atoms with Crippen LogP contribution in [0.25, 0.3) is 5.82 Å². The predicted octanol–water partition coefficient (Wildman–Crippen LogP) is 0.731. The molecule has 0 aliphatic rings. The van der Waals surface area contributed by atoms with E-state index in [1.54, 1.807) is 47.4 Å². The highest BCUT2D eigenvalue weighted by Crippen LogP contribution is 2.03. The van der Waals surface area contributed by atoms with Gasteiger partial charge in [-0.3, -0.25) is 9.59 Å². The molecule has 0 aliphatic heterocycles. The van der Waals surface area contributed by atoms with Crippen molar-refractivity contribution in [3.05, 3.63) is 76.3 Å². The fourth-order valence-corrected chi connectivity index (χ4v) is 2.23. The molecule has 25 heavy (non-hydrogen) atoms. The van der Waals surface area contributed by atoms with Gasteiger partial charge in [0.15, 0.2) is 5.82 Å². The number of nitrogens with zero attached hydrogens (tertiary/aromatic N) is 5. The molecule has 0 aliphatic carbocycles. The second kappa shape index (κ2) is 7.23. The van der Waals surface area contributed by atoms with E-state index in [1.165, 1.54) is 16.8 Å². The summed E-state index contributed by atoms with van der Waals surface area (Å²) in [5.74, 6) is 0.200. The molecular formula is C17H14N6O2. The fourth-order valence-electron chi connectivity index (χ4n) is 2.23. The topological polar surface area (TPSA) is 106 Å². The van der Waals surface area contributed by atoms with E-state index in [4.69, 9.17) is 5.26 Å². The van der Waals surface area contributed by atoms with Crippen LogP contribution in [0.3, 0.4) is 0 Å². The Morgan fingerprint density at radius 2 is 2.12 bits per heavy atom. The summed E-state index contributed by atoms with van der Waals surface area (Å²) in [5.41, 5.74) is 0.541. The summed E-state index contributed by atoms with van der Waals surface area (Å²) in [4.78, 5) is 24.0. The van der Waals surface area contributed by atoms with Crippen LogP contribution in [-0.2, 0) is 6.54 Å². The van der Waals surface area contributed by atoms with Gasteiger partial charge in [-0.2, -0.15) is 10.4 Å². The molecule has 2 aromatic heterocycles. The number of nitriles is 1. The van der Waals surface area contributed by atoms with Gasteiger partial charge in [0, 0.05) is 30.6 Å². The molecule has 2 heterocycles. The van der Waals surface area contributed by atoms with Crippen LogP contribution in [0.1, 0.15) is 15.9 Å². The number of carbonyl (C=O) groups excluding carboxylic acids is 1. The Morgan fingerprint density at radius 1 is 1.24 bits per heavy atom. The van der Waals surface area contributed by atoms with E-state index in [1.807, 2.05) is 6.07 Å². The third kappa shape index (κ3) is 3.79. The number of hydrogen-bond donors (Lipinski definition) is 1. The first-order valence-electron chi connectivity index (χ1n) is 7.54. The smallest absolute Gasteiger partial charge is 0.266 e. The Kier molecular flexibility index (Phi) is 4.67. The molecule has 8 heteroatoms. The Bertz CT molecular complexity index is 985. The highest BCUT2D eigenvalue weighted by Gasteiger charge is 2.07. The summed E-state index contributed by atoms with van der Waals surface area (Å²) >= 11 is 0. The van der Waals surface area contributed by atoms with Crippen molar-refractivity contribution in [1.29, 1.82) is 5.26 Å². The Morgan fingerprint density at radius 3 is 2.88 bits per heavy atom. The summed E-state index contributed by atoms with van der Waals surface area (Å²) < 4.78 is 2.81. The lowest BCUT2D eigenvalue weighted by Crippen LogP contribution is -2.32. The van der Waals surface area contributed by atoms with E-state index < -0.39 is 0 Å². The number of nitrogens with one attached hydrogen (secondary N) is 1. The third-order valence-electron chi connectivity index (χ3n) is 3.45. The standard InChI is InChI=1S/C17H14N6O2/c18-12-13-3-1-4-14(11-13)17(25)19-8-10-23-16(24)6-5-15(21-23)22-9-2-7-20-22/h1-7,9,11H,8,10H2,(H,19,25). The van der Waals surface area contributed by atoms with Crippen molar-refractivity contribution in [2.24, 2.45) is 0 Å². The monoisotopic (exact) mass is 334 g/mol. The highest BCUT2D eigenvalue weighted by molar-refractivity contribution is 5.94. The van der Waals surface area contributed by atoms with Crippen LogP contribution in [-0.4, -0.2) is 32.0 Å². The van der Waals surface area contributed by atoms with Crippen LogP contribution < -0.4 is 10.9 Å². The quantitative estimate of drug-likeness (QED) is 0.740. The second-order valence-electron chi connectivity index (χ2n) is 5.15. The van der Waals surface area contributed by atoms with Crippen LogP contribution in [0, 0.1) is 11.3 Å². The third-order valence-corrected chi connectivity index (χ3v) is 3.45. The molecule has 0 saturated heterocycles. The molecule has 3 aromatic rings. The lowest BCUT2D eigenvalue weighted by molar-refractivity contribution is 0.0951. The second-order valence-corrected chi connectivity index (χ2v) is 5.15. The van der Waals surface area contributed by atoms with Gasteiger partial charge in [-0.05, 0) is 30.3 Å². The molecule has 0 spiro atoms. The zero-order valence-corrected chi connectivity index (χ0v) is 13.2. The lowest BCUT2D eigenvalue weighted by atomic mass is 10.1. The van der Waals surface area contributed by atoms with E-state index >= 15 is 0 Å². The van der Waals surface area contributed by atoms with Crippen LogP contribution >= 0.6 is 0 Å². The predicted molar refractivity (Wildman–Crippen MR) is 89.1 cm³/mol. The van der Waals surface area contributed by atoms with Crippen LogP contribution in [0.15, 0.2) is 59.7 Å². The first kappa shape index (κ1) is 16.1. The fraction of sp³-hybridized carbons (Fsp3) is 0.118. The van der Waals surface area contributed by atoms with Gasteiger partial charge in [0.05, 0.1) is 18.2 Å². The molecule has 0 atom stereocenters. The maximum absolute atomic E-state index is 12.1. The van der Waals surface area contributed by atoms with E-state index in [9.17, 15) is 9.59 Å². The summed E-state index contributed by atoms with van der Waals surface area (Å²) in [7, 11) is 0. The summed E-state index contributed by atoms with van der Waals surface area (Å²) in [6, 6.07) is 13.1. The number of amides is 1. The van der Waals surface area contributed by atoms with Gasteiger partial charge in [0.1, 0.15) is 0 Å². The Labute approximate surface area is 142 Å². The average Bonchev–Trinajstić information content (AvgIpc) is 3.18. The summed E-state index contributed by atoms with van der Waals surface area (Å²) in [6.07, 6.45) is 3.34. The van der Waals surface area contributed by atoms with E-state index in [-0.39, 0.29) is 24.6 Å². The number of rotatable bonds is 5. The van der Waals surface area contributed by atoms with Gasteiger partial charge < -0.3 is 5.32 Å². The largest absolute Gasteiger partial charge is 0.350 e. The van der Waals surface area contributed by atoms with Crippen LogP contribution in [0.5, 0.6) is 0 Å². The number of benzene rings is 1. The Balaban J connectivity index is 1.66. The average molecular weight is 334 g/mol. The van der Waals surface area contributed by atoms with Crippen LogP contribution in [0.4, 0.5) is 0 Å². The number of carbonyl (C=O) groups is 1. The van der Waals surface area contributed by atoms with Crippen molar-refractivity contribution < 1.29 is 4.79 Å². The molecule has 8 nitrogen and oxygen atoms in total. The van der Waals surface area contributed by atoms with Crippen molar-refractivity contribution in [3.8, 4) is 11.9 Å². The molecule has 1 amide bonds. The van der Waals surface area contributed by atoms with Crippen molar-refractivity contribution in [2.45, 2.75) is 6.54 Å². The van der Waals surface area contributed by atoms with Crippen molar-refractivity contribution >= 4 is 5.91 Å². The molecule has 0 radical (unpaired) electrons. The molecular weight excluding hydrogens is 320 g/mol. The first-order valence-corrected chi connectivity index (χ1v) is 7.54. The summed E-state index contributed by atoms with van der Waals surface area (Å²) in [6.45, 7) is 0.447. The summed E-state index contributed by atoms with van der Waals surface area (Å²) in [5, 5.41) is 19.9. The van der Waals surface area contributed by atoms with Crippen molar-refractivity contribution in [3.63, 3.8) is 0 Å². The molecule has 124 valence electrons. The SMILES string of the molecule is N#Cc1cccc(C(=O)NCCn2nc(-n3cccn3)ccc2=O)c1. The van der Waals surface area contributed by atoms with Crippen molar-refractivity contribution in [2.75, 3.05) is 6.54 Å². The minimum absolute atomic E-state index is 0.220. The zero-order chi connectivity index (χ0) is 17.6. The zero-order valence-electron chi connectivity index (χ0n) is 13.2. The maximum Gasteiger partial charge on any atom is 0.266 e. The normalized spacial score (nSPS) is 10.2.